The highest BCUT2D eigenvalue weighted by molar-refractivity contribution is 5.41. The summed E-state index contributed by atoms with van der Waals surface area (Å²) in [6, 6.07) is 6.76. The third-order valence-electron chi connectivity index (χ3n) is 2.27. The Morgan fingerprint density at radius 1 is 0.944 bits per heavy atom. The molecule has 2 aromatic carbocycles. The summed E-state index contributed by atoms with van der Waals surface area (Å²) >= 11 is 0. The number of halogens is 3. The number of hydrogen-bond acceptors (Lipinski definition) is 2. The van der Waals surface area contributed by atoms with E-state index in [1.165, 1.54) is 12.1 Å². The van der Waals surface area contributed by atoms with Crippen LogP contribution >= 0.6 is 0 Å². The molecule has 0 atom stereocenters. The lowest BCUT2D eigenvalue weighted by atomic mass is 10.2. The molecule has 0 spiro atoms. The average Bonchev–Trinajstić information content (AvgIpc) is 2.29. The molecule has 0 aliphatic heterocycles. The van der Waals surface area contributed by atoms with Gasteiger partial charge in [0.1, 0.15) is 18.2 Å². The second-order valence-corrected chi connectivity index (χ2v) is 3.76. The van der Waals surface area contributed by atoms with Crippen LogP contribution in [0.4, 0.5) is 18.9 Å². The zero-order chi connectivity index (χ0) is 13.1. The molecule has 0 bridgehead atoms. The minimum atomic E-state index is -0.680. The van der Waals surface area contributed by atoms with Crippen molar-refractivity contribution in [1.82, 2.24) is 0 Å². The van der Waals surface area contributed by atoms with Gasteiger partial charge in [-0.25, -0.2) is 13.2 Å². The normalized spacial score (nSPS) is 10.4. The van der Waals surface area contributed by atoms with Gasteiger partial charge in [0.25, 0.3) is 0 Å². The number of benzene rings is 2. The van der Waals surface area contributed by atoms with Crippen molar-refractivity contribution in [2.45, 2.75) is 6.61 Å². The third kappa shape index (κ3) is 2.94. The van der Waals surface area contributed by atoms with E-state index in [2.05, 4.69) is 0 Å². The smallest absolute Gasteiger partial charge is 0.165 e. The summed E-state index contributed by atoms with van der Waals surface area (Å²) in [5, 5.41) is 0. The van der Waals surface area contributed by atoms with Gasteiger partial charge in [-0.1, -0.05) is 0 Å². The van der Waals surface area contributed by atoms with Gasteiger partial charge in [0, 0.05) is 11.8 Å². The fourth-order valence-electron chi connectivity index (χ4n) is 1.51. The minimum Gasteiger partial charge on any atom is -0.486 e. The van der Waals surface area contributed by atoms with Gasteiger partial charge in [0.15, 0.2) is 11.6 Å². The van der Waals surface area contributed by atoms with Crippen molar-refractivity contribution in [3.8, 4) is 5.75 Å². The van der Waals surface area contributed by atoms with Crippen LogP contribution in [0.5, 0.6) is 5.75 Å². The SMILES string of the molecule is Nc1cc(F)cc(COc2cc(F)ccc2F)c1. The molecule has 2 rings (SSSR count). The van der Waals surface area contributed by atoms with E-state index in [1.807, 2.05) is 0 Å². The lowest BCUT2D eigenvalue weighted by Gasteiger charge is -2.08. The summed E-state index contributed by atoms with van der Waals surface area (Å²) in [5.74, 6) is -2.02. The van der Waals surface area contributed by atoms with E-state index in [-0.39, 0.29) is 18.0 Å². The maximum absolute atomic E-state index is 13.2. The van der Waals surface area contributed by atoms with E-state index in [0.29, 0.717) is 5.56 Å². The molecule has 0 amide bonds. The lowest BCUT2D eigenvalue weighted by molar-refractivity contribution is 0.288. The summed E-state index contributed by atoms with van der Waals surface area (Å²) in [5.41, 5.74) is 6.14. The summed E-state index contributed by atoms with van der Waals surface area (Å²) in [6.45, 7) is -0.0949. The molecule has 0 radical (unpaired) electrons. The Kier molecular flexibility index (Phi) is 3.41. The van der Waals surface area contributed by atoms with Crippen LogP contribution in [0.2, 0.25) is 0 Å². The molecular formula is C13H10F3NO. The molecule has 5 heteroatoms. The zero-order valence-electron chi connectivity index (χ0n) is 9.29. The largest absolute Gasteiger partial charge is 0.486 e. The van der Waals surface area contributed by atoms with Crippen molar-refractivity contribution in [3.63, 3.8) is 0 Å². The minimum absolute atomic E-state index is 0.0949. The highest BCUT2D eigenvalue weighted by Crippen LogP contribution is 2.20. The quantitative estimate of drug-likeness (QED) is 0.852. The van der Waals surface area contributed by atoms with E-state index in [4.69, 9.17) is 10.5 Å². The maximum atomic E-state index is 13.2. The molecular weight excluding hydrogens is 243 g/mol. The molecule has 0 unspecified atom stereocenters. The van der Waals surface area contributed by atoms with E-state index in [0.717, 1.165) is 24.3 Å². The Balaban J connectivity index is 2.13. The molecule has 0 fully saturated rings. The first-order valence-electron chi connectivity index (χ1n) is 5.17. The van der Waals surface area contributed by atoms with Crippen LogP contribution in [0.25, 0.3) is 0 Å². The van der Waals surface area contributed by atoms with Crippen LogP contribution in [-0.2, 0) is 6.61 Å². The molecule has 2 nitrogen and oxygen atoms in total. The summed E-state index contributed by atoms with van der Waals surface area (Å²) in [6.07, 6.45) is 0. The summed E-state index contributed by atoms with van der Waals surface area (Å²) in [7, 11) is 0. The first-order chi connectivity index (χ1) is 8.54. The topological polar surface area (TPSA) is 35.2 Å². The molecule has 0 saturated heterocycles. The molecule has 94 valence electrons. The van der Waals surface area contributed by atoms with E-state index < -0.39 is 17.5 Å². The van der Waals surface area contributed by atoms with Gasteiger partial charge in [-0.2, -0.15) is 0 Å². The molecule has 18 heavy (non-hydrogen) atoms. The fourth-order valence-corrected chi connectivity index (χ4v) is 1.51. The van der Waals surface area contributed by atoms with Crippen molar-refractivity contribution >= 4 is 5.69 Å². The molecule has 2 aromatic rings. The molecule has 2 N–H and O–H groups in total. The third-order valence-corrected chi connectivity index (χ3v) is 2.27. The number of nitrogen functional groups attached to an aromatic ring is 1. The van der Waals surface area contributed by atoms with Crippen LogP contribution in [0, 0.1) is 17.5 Å². The number of rotatable bonds is 3. The summed E-state index contributed by atoms with van der Waals surface area (Å²) in [4.78, 5) is 0. The second kappa shape index (κ2) is 5.00. The van der Waals surface area contributed by atoms with E-state index in [1.54, 1.807) is 0 Å². The van der Waals surface area contributed by atoms with Gasteiger partial charge in [-0.05, 0) is 35.9 Å². The van der Waals surface area contributed by atoms with Crippen molar-refractivity contribution < 1.29 is 17.9 Å². The van der Waals surface area contributed by atoms with Gasteiger partial charge in [-0.3, -0.25) is 0 Å². The van der Waals surface area contributed by atoms with Gasteiger partial charge >= 0.3 is 0 Å². The standard InChI is InChI=1S/C13H10F3NO/c14-9-1-2-12(16)13(6-9)18-7-8-3-10(15)5-11(17)4-8/h1-6H,7,17H2. The van der Waals surface area contributed by atoms with Gasteiger partial charge in [0.2, 0.25) is 0 Å². The Labute approximate surface area is 102 Å². The molecule has 0 saturated carbocycles. The van der Waals surface area contributed by atoms with Crippen LogP contribution in [0.3, 0.4) is 0 Å². The monoisotopic (exact) mass is 253 g/mol. The van der Waals surface area contributed by atoms with Crippen LogP contribution in [-0.4, -0.2) is 0 Å². The first-order valence-corrected chi connectivity index (χ1v) is 5.17. The van der Waals surface area contributed by atoms with Crippen molar-refractivity contribution in [3.05, 3.63) is 59.4 Å². The van der Waals surface area contributed by atoms with E-state index >= 15 is 0 Å². The zero-order valence-corrected chi connectivity index (χ0v) is 9.29. The number of anilines is 1. The highest BCUT2D eigenvalue weighted by atomic mass is 19.1. The molecule has 0 aliphatic rings. The molecule has 0 aliphatic carbocycles. The fraction of sp³-hybridized carbons (Fsp3) is 0.0769. The molecule has 0 aromatic heterocycles. The van der Waals surface area contributed by atoms with Crippen molar-refractivity contribution in [2.24, 2.45) is 0 Å². The number of ether oxygens (including phenoxy) is 1. The predicted molar refractivity (Wildman–Crippen MR) is 61.5 cm³/mol. The highest BCUT2D eigenvalue weighted by Gasteiger charge is 2.06. The Bertz CT molecular complexity index is 552. The predicted octanol–water partition coefficient (Wildman–Crippen LogP) is 3.27. The number of nitrogens with two attached hydrogens (primary N) is 1. The van der Waals surface area contributed by atoms with E-state index in [9.17, 15) is 13.2 Å². The van der Waals surface area contributed by atoms with Crippen LogP contribution < -0.4 is 10.5 Å². The maximum Gasteiger partial charge on any atom is 0.165 e. The van der Waals surface area contributed by atoms with Crippen molar-refractivity contribution in [2.75, 3.05) is 5.73 Å². The van der Waals surface area contributed by atoms with Crippen LogP contribution in [0.1, 0.15) is 5.56 Å². The van der Waals surface area contributed by atoms with Gasteiger partial charge in [0.05, 0.1) is 0 Å². The second-order valence-electron chi connectivity index (χ2n) is 3.76. The Hall–Kier alpha value is -2.17. The van der Waals surface area contributed by atoms with Gasteiger partial charge in [-0.15, -0.1) is 0 Å². The number of hydrogen-bond donors (Lipinski definition) is 1. The first kappa shape index (κ1) is 12.3. The molecule has 0 heterocycles. The average molecular weight is 253 g/mol. The van der Waals surface area contributed by atoms with Crippen molar-refractivity contribution in [1.29, 1.82) is 0 Å². The Morgan fingerprint density at radius 2 is 1.72 bits per heavy atom. The lowest BCUT2D eigenvalue weighted by Crippen LogP contribution is -2.00. The summed E-state index contributed by atoms with van der Waals surface area (Å²) < 4.78 is 44.2. The van der Waals surface area contributed by atoms with Crippen LogP contribution in [0.15, 0.2) is 36.4 Å². The Morgan fingerprint density at radius 3 is 2.44 bits per heavy atom. The van der Waals surface area contributed by atoms with Gasteiger partial charge < -0.3 is 10.5 Å².